The first-order valence-electron chi connectivity index (χ1n) is 7.91. The Morgan fingerprint density at radius 2 is 2.27 bits per heavy atom. The summed E-state index contributed by atoms with van der Waals surface area (Å²) in [5, 5.41) is 7.41. The number of hydrogen-bond acceptors (Lipinski definition) is 3. The van der Waals surface area contributed by atoms with Crippen LogP contribution >= 0.6 is 0 Å². The molecule has 116 valence electrons. The molecule has 22 heavy (non-hydrogen) atoms. The Morgan fingerprint density at radius 3 is 3.05 bits per heavy atom. The topological polar surface area (TPSA) is 64.7 Å². The summed E-state index contributed by atoms with van der Waals surface area (Å²) in [6, 6.07) is 0.226. The smallest absolute Gasteiger partial charge is 0.224 e. The van der Waals surface area contributed by atoms with Crippen molar-refractivity contribution in [3.63, 3.8) is 0 Å². The molecule has 2 aliphatic rings. The second kappa shape index (κ2) is 4.97. The third-order valence-corrected chi connectivity index (χ3v) is 4.74. The van der Waals surface area contributed by atoms with Crippen molar-refractivity contribution in [2.45, 2.75) is 44.7 Å². The lowest BCUT2D eigenvalue weighted by molar-refractivity contribution is -0.123. The highest BCUT2D eigenvalue weighted by Crippen LogP contribution is 2.47. The number of nitrogens with zero attached hydrogens (tertiary/aromatic N) is 4. The molecule has 1 aliphatic carbocycles. The SMILES string of the molecule is Cc1cn2c(n1)CC[C@H](NC(=O)[C@H]1C[C@@H]1c1cnn(C)c1)C2. The maximum Gasteiger partial charge on any atom is 0.224 e. The van der Waals surface area contributed by atoms with E-state index in [1.807, 2.05) is 26.4 Å². The number of aryl methyl sites for hydroxylation is 3. The number of fused-ring (bicyclic) bond motifs is 1. The van der Waals surface area contributed by atoms with Crippen LogP contribution in [-0.2, 0) is 24.8 Å². The number of carbonyl (C=O) groups is 1. The quantitative estimate of drug-likeness (QED) is 0.925. The monoisotopic (exact) mass is 299 g/mol. The number of nitrogens with one attached hydrogen (secondary N) is 1. The molecule has 4 rings (SSSR count). The molecule has 0 saturated heterocycles. The standard InChI is InChI=1S/C16H21N5O/c1-10-7-21-9-12(3-4-15(21)18-10)19-16(22)14-5-13(14)11-6-17-20(2)8-11/h6-8,12-14H,3-5,9H2,1-2H3,(H,19,22)/t12-,13+,14-/m0/s1. The van der Waals surface area contributed by atoms with Crippen LogP contribution in [0.3, 0.4) is 0 Å². The normalized spacial score (nSPS) is 26.5. The molecule has 0 spiro atoms. The van der Waals surface area contributed by atoms with Crippen molar-refractivity contribution in [2.75, 3.05) is 0 Å². The van der Waals surface area contributed by atoms with Crippen molar-refractivity contribution >= 4 is 5.91 Å². The zero-order valence-corrected chi connectivity index (χ0v) is 13.0. The lowest BCUT2D eigenvalue weighted by atomic mass is 10.1. The molecule has 3 heterocycles. The molecule has 0 radical (unpaired) electrons. The Labute approximate surface area is 129 Å². The largest absolute Gasteiger partial charge is 0.351 e. The molecule has 1 N–H and O–H groups in total. The molecule has 3 atom stereocenters. The van der Waals surface area contributed by atoms with Crippen molar-refractivity contribution in [3.8, 4) is 0 Å². The first-order valence-corrected chi connectivity index (χ1v) is 7.91. The van der Waals surface area contributed by atoms with Crippen molar-refractivity contribution in [1.29, 1.82) is 0 Å². The molecule has 6 nitrogen and oxygen atoms in total. The fraction of sp³-hybridized carbons (Fsp3) is 0.562. The van der Waals surface area contributed by atoms with Gasteiger partial charge < -0.3 is 9.88 Å². The second-order valence-electron chi connectivity index (χ2n) is 6.59. The van der Waals surface area contributed by atoms with Crippen LogP contribution in [0.5, 0.6) is 0 Å². The van der Waals surface area contributed by atoms with Gasteiger partial charge in [0.15, 0.2) is 0 Å². The van der Waals surface area contributed by atoms with E-state index in [-0.39, 0.29) is 17.9 Å². The summed E-state index contributed by atoms with van der Waals surface area (Å²) < 4.78 is 3.97. The van der Waals surface area contributed by atoms with E-state index in [0.29, 0.717) is 5.92 Å². The van der Waals surface area contributed by atoms with E-state index in [4.69, 9.17) is 0 Å². The van der Waals surface area contributed by atoms with Crippen molar-refractivity contribution in [3.05, 3.63) is 35.7 Å². The summed E-state index contributed by atoms with van der Waals surface area (Å²) in [5.41, 5.74) is 2.24. The van der Waals surface area contributed by atoms with Gasteiger partial charge in [0.25, 0.3) is 0 Å². The summed E-state index contributed by atoms with van der Waals surface area (Å²) in [7, 11) is 1.91. The van der Waals surface area contributed by atoms with Gasteiger partial charge in [-0.25, -0.2) is 4.98 Å². The summed E-state index contributed by atoms with van der Waals surface area (Å²) in [6.07, 6.45) is 8.82. The molecule has 0 aromatic carbocycles. The van der Waals surface area contributed by atoms with Crippen LogP contribution < -0.4 is 5.32 Å². The number of rotatable bonds is 3. The number of aromatic nitrogens is 4. The Kier molecular flexibility index (Phi) is 3.06. The number of imidazole rings is 1. The molecule has 6 heteroatoms. The van der Waals surface area contributed by atoms with Gasteiger partial charge in [0.05, 0.1) is 11.9 Å². The summed E-state index contributed by atoms with van der Waals surface area (Å²) in [4.78, 5) is 16.9. The minimum absolute atomic E-state index is 0.120. The highest BCUT2D eigenvalue weighted by molar-refractivity contribution is 5.83. The molecule has 2 aromatic rings. The Bertz CT molecular complexity index is 716. The summed E-state index contributed by atoms with van der Waals surface area (Å²) in [5.74, 6) is 1.81. The summed E-state index contributed by atoms with van der Waals surface area (Å²) in [6.45, 7) is 2.85. The molecule has 1 saturated carbocycles. The molecule has 0 unspecified atom stereocenters. The minimum Gasteiger partial charge on any atom is -0.351 e. The lowest BCUT2D eigenvalue weighted by Crippen LogP contribution is -2.41. The Balaban J connectivity index is 1.36. The average molecular weight is 299 g/mol. The lowest BCUT2D eigenvalue weighted by Gasteiger charge is -2.24. The van der Waals surface area contributed by atoms with Gasteiger partial charge in [-0.15, -0.1) is 0 Å². The zero-order chi connectivity index (χ0) is 15.3. The van der Waals surface area contributed by atoms with Crippen LogP contribution in [0.25, 0.3) is 0 Å². The van der Waals surface area contributed by atoms with Crippen molar-refractivity contribution < 1.29 is 4.79 Å². The number of amides is 1. The Hall–Kier alpha value is -2.11. The Morgan fingerprint density at radius 1 is 1.41 bits per heavy atom. The third kappa shape index (κ3) is 2.42. The first kappa shape index (κ1) is 13.5. The number of hydrogen-bond donors (Lipinski definition) is 1. The molecule has 2 aromatic heterocycles. The maximum absolute atomic E-state index is 12.4. The second-order valence-corrected chi connectivity index (χ2v) is 6.59. The van der Waals surface area contributed by atoms with Gasteiger partial charge in [-0.05, 0) is 31.2 Å². The molecule has 1 amide bonds. The predicted octanol–water partition coefficient (Wildman–Crippen LogP) is 1.16. The molecule has 0 bridgehead atoms. The maximum atomic E-state index is 12.4. The third-order valence-electron chi connectivity index (χ3n) is 4.74. The van der Waals surface area contributed by atoms with E-state index in [1.54, 1.807) is 4.68 Å². The minimum atomic E-state index is 0.120. The van der Waals surface area contributed by atoms with Crippen LogP contribution in [0, 0.1) is 12.8 Å². The fourth-order valence-corrected chi connectivity index (χ4v) is 3.50. The van der Waals surface area contributed by atoms with E-state index < -0.39 is 0 Å². The zero-order valence-electron chi connectivity index (χ0n) is 13.0. The first-order chi connectivity index (χ1) is 10.6. The van der Waals surface area contributed by atoms with Gasteiger partial charge in [0.1, 0.15) is 5.82 Å². The highest BCUT2D eigenvalue weighted by atomic mass is 16.2. The molecule has 1 fully saturated rings. The fourth-order valence-electron chi connectivity index (χ4n) is 3.50. The molecular weight excluding hydrogens is 278 g/mol. The van der Waals surface area contributed by atoms with Gasteiger partial charge in [-0.1, -0.05) is 0 Å². The van der Waals surface area contributed by atoms with Crippen molar-refractivity contribution in [1.82, 2.24) is 24.6 Å². The van der Waals surface area contributed by atoms with Crippen molar-refractivity contribution in [2.24, 2.45) is 13.0 Å². The summed E-state index contributed by atoms with van der Waals surface area (Å²) >= 11 is 0. The van der Waals surface area contributed by atoms with E-state index >= 15 is 0 Å². The molecule has 1 aliphatic heterocycles. The van der Waals surface area contributed by atoms with E-state index in [9.17, 15) is 4.79 Å². The number of carbonyl (C=O) groups excluding carboxylic acids is 1. The average Bonchev–Trinajstić information content (AvgIpc) is 3.03. The van der Waals surface area contributed by atoms with E-state index in [1.165, 1.54) is 5.56 Å². The molecular formula is C16H21N5O. The van der Waals surface area contributed by atoms with Gasteiger partial charge in [0.2, 0.25) is 5.91 Å². The van der Waals surface area contributed by atoms with Crippen LogP contribution in [0.4, 0.5) is 0 Å². The van der Waals surface area contributed by atoms with Crippen LogP contribution in [0.2, 0.25) is 0 Å². The van der Waals surface area contributed by atoms with Crippen LogP contribution in [0.1, 0.15) is 35.8 Å². The highest BCUT2D eigenvalue weighted by Gasteiger charge is 2.45. The van der Waals surface area contributed by atoms with Gasteiger partial charge in [-0.3, -0.25) is 9.48 Å². The predicted molar refractivity (Wildman–Crippen MR) is 81.3 cm³/mol. The van der Waals surface area contributed by atoms with Gasteiger partial charge in [0, 0.05) is 44.4 Å². The van der Waals surface area contributed by atoms with Crippen LogP contribution in [-0.4, -0.2) is 31.3 Å². The van der Waals surface area contributed by atoms with E-state index in [2.05, 4.69) is 26.2 Å². The van der Waals surface area contributed by atoms with Gasteiger partial charge in [-0.2, -0.15) is 5.10 Å². The van der Waals surface area contributed by atoms with Crippen LogP contribution in [0.15, 0.2) is 18.6 Å². The van der Waals surface area contributed by atoms with Gasteiger partial charge >= 0.3 is 0 Å². The van der Waals surface area contributed by atoms with E-state index in [0.717, 1.165) is 37.3 Å².